The van der Waals surface area contributed by atoms with Crippen molar-refractivity contribution in [1.82, 2.24) is 5.32 Å². The average Bonchev–Trinajstić information content (AvgIpc) is 2.91. The highest BCUT2D eigenvalue weighted by Crippen LogP contribution is 2.24. The van der Waals surface area contributed by atoms with Crippen LogP contribution in [0.3, 0.4) is 0 Å². The molecule has 4 N–H and O–H groups in total. The van der Waals surface area contributed by atoms with E-state index >= 15 is 0 Å². The van der Waals surface area contributed by atoms with Crippen LogP contribution in [0, 0.1) is 5.41 Å². The Kier molecular flexibility index (Phi) is 7.78. The summed E-state index contributed by atoms with van der Waals surface area (Å²) in [5, 5.41) is 11.4. The van der Waals surface area contributed by atoms with Gasteiger partial charge in [-0.25, -0.2) is 0 Å². The van der Waals surface area contributed by atoms with Crippen LogP contribution in [0.1, 0.15) is 33.1 Å². The lowest BCUT2D eigenvalue weighted by molar-refractivity contribution is -0.120. The smallest absolute Gasteiger partial charge is 0.258 e. The highest BCUT2D eigenvalue weighted by atomic mass is 35.5. The maximum Gasteiger partial charge on any atom is 0.258 e. The Balaban J connectivity index is 1.63. The van der Waals surface area contributed by atoms with Crippen LogP contribution in [0.15, 0.2) is 109 Å². The normalized spacial score (nSPS) is 11.4. The maximum atomic E-state index is 13.5. The summed E-state index contributed by atoms with van der Waals surface area (Å²) in [7, 11) is 0. The Morgan fingerprint density at radius 3 is 2.03 bits per heavy atom. The number of para-hydroxylation sites is 1. The van der Waals surface area contributed by atoms with Gasteiger partial charge < -0.3 is 11.1 Å². The molecule has 1 atom stereocenters. The number of hydrogen-bond donors (Lipinski definition) is 3. The standard InChI is InChI=1S/C29H25ClN4O2/c30-24-16-14-21(15-17-24)27(20-8-3-1-4-9-20)33-26(35)19-34(25-12-5-2-6-13-25)29(36)23-11-7-10-22(18-23)28(31)32/h1-18,27H,19H2,(H3,31,32)(H,33,35). The van der Waals surface area contributed by atoms with Crippen molar-refractivity contribution in [2.45, 2.75) is 6.04 Å². The zero-order valence-corrected chi connectivity index (χ0v) is 20.2. The molecule has 6 nitrogen and oxygen atoms in total. The molecular weight excluding hydrogens is 472 g/mol. The Morgan fingerprint density at radius 2 is 1.39 bits per heavy atom. The lowest BCUT2D eigenvalue weighted by Crippen LogP contribution is -2.42. The molecule has 0 fully saturated rings. The number of carbonyl (C=O) groups is 2. The largest absolute Gasteiger partial charge is 0.384 e. The number of halogens is 1. The molecule has 0 heterocycles. The van der Waals surface area contributed by atoms with Crippen LogP contribution in [0.5, 0.6) is 0 Å². The lowest BCUT2D eigenvalue weighted by atomic mass is 9.98. The molecule has 36 heavy (non-hydrogen) atoms. The van der Waals surface area contributed by atoms with E-state index in [1.165, 1.54) is 4.90 Å². The predicted molar refractivity (Wildman–Crippen MR) is 143 cm³/mol. The van der Waals surface area contributed by atoms with Crippen molar-refractivity contribution < 1.29 is 9.59 Å². The molecule has 1 unspecified atom stereocenters. The van der Waals surface area contributed by atoms with E-state index < -0.39 is 6.04 Å². The van der Waals surface area contributed by atoms with Crippen molar-refractivity contribution in [3.05, 3.63) is 136 Å². The van der Waals surface area contributed by atoms with Crippen LogP contribution in [-0.4, -0.2) is 24.2 Å². The Labute approximate surface area is 214 Å². The van der Waals surface area contributed by atoms with Crippen LogP contribution in [0.4, 0.5) is 5.69 Å². The summed E-state index contributed by atoms with van der Waals surface area (Å²) in [6.07, 6.45) is 0. The van der Waals surface area contributed by atoms with E-state index in [1.54, 1.807) is 60.7 Å². The summed E-state index contributed by atoms with van der Waals surface area (Å²) in [6.45, 7) is -0.204. The number of nitrogens with zero attached hydrogens (tertiary/aromatic N) is 1. The molecule has 0 bridgehead atoms. The number of rotatable bonds is 8. The molecule has 0 aliphatic rings. The van der Waals surface area contributed by atoms with E-state index in [2.05, 4.69) is 5.32 Å². The third-order valence-electron chi connectivity index (χ3n) is 5.68. The Morgan fingerprint density at radius 1 is 0.806 bits per heavy atom. The molecule has 7 heteroatoms. The van der Waals surface area contributed by atoms with Crippen molar-refractivity contribution in [3.63, 3.8) is 0 Å². The fourth-order valence-corrected chi connectivity index (χ4v) is 4.00. The molecule has 180 valence electrons. The van der Waals surface area contributed by atoms with Gasteiger partial charge in [-0.3, -0.25) is 19.9 Å². The Hall–Kier alpha value is -4.42. The fourth-order valence-electron chi connectivity index (χ4n) is 3.87. The number of amidine groups is 1. The second kappa shape index (κ2) is 11.3. The molecule has 0 saturated carbocycles. The molecule has 4 aromatic rings. The Bertz CT molecular complexity index is 1360. The molecule has 0 aromatic heterocycles. The van der Waals surface area contributed by atoms with Gasteiger partial charge in [-0.1, -0.05) is 84.4 Å². The molecule has 0 spiro atoms. The van der Waals surface area contributed by atoms with Gasteiger partial charge in [0.15, 0.2) is 0 Å². The molecular formula is C29H25ClN4O2. The minimum absolute atomic E-state index is 0.137. The minimum atomic E-state index is -0.426. The predicted octanol–water partition coefficient (Wildman–Crippen LogP) is 5.18. The van der Waals surface area contributed by atoms with E-state index in [1.807, 2.05) is 48.5 Å². The molecule has 0 aliphatic heterocycles. The first-order valence-electron chi connectivity index (χ1n) is 11.3. The highest BCUT2D eigenvalue weighted by molar-refractivity contribution is 6.30. The van der Waals surface area contributed by atoms with Gasteiger partial charge in [-0.05, 0) is 47.5 Å². The number of nitrogens with one attached hydrogen (secondary N) is 2. The van der Waals surface area contributed by atoms with Crippen molar-refractivity contribution in [2.75, 3.05) is 11.4 Å². The fraction of sp³-hybridized carbons (Fsp3) is 0.0690. The van der Waals surface area contributed by atoms with E-state index in [0.717, 1.165) is 11.1 Å². The number of hydrogen-bond acceptors (Lipinski definition) is 3. The van der Waals surface area contributed by atoms with E-state index in [9.17, 15) is 9.59 Å². The lowest BCUT2D eigenvalue weighted by Gasteiger charge is -2.25. The maximum absolute atomic E-state index is 13.5. The van der Waals surface area contributed by atoms with Gasteiger partial charge >= 0.3 is 0 Å². The summed E-state index contributed by atoms with van der Waals surface area (Å²) in [4.78, 5) is 28.3. The topological polar surface area (TPSA) is 99.3 Å². The van der Waals surface area contributed by atoms with Crippen molar-refractivity contribution >= 4 is 34.9 Å². The van der Waals surface area contributed by atoms with Crippen LogP contribution in [0.25, 0.3) is 0 Å². The van der Waals surface area contributed by atoms with Gasteiger partial charge in [0.2, 0.25) is 5.91 Å². The zero-order chi connectivity index (χ0) is 25.5. The highest BCUT2D eigenvalue weighted by Gasteiger charge is 2.24. The van der Waals surface area contributed by atoms with Gasteiger partial charge in [0.1, 0.15) is 12.4 Å². The molecule has 2 amide bonds. The van der Waals surface area contributed by atoms with E-state index in [-0.39, 0.29) is 24.2 Å². The molecule has 4 aromatic carbocycles. The van der Waals surface area contributed by atoms with Crippen molar-refractivity contribution in [1.29, 1.82) is 5.41 Å². The number of amides is 2. The first-order valence-corrected chi connectivity index (χ1v) is 11.7. The SMILES string of the molecule is N=C(N)c1cccc(C(=O)N(CC(=O)NC(c2ccccc2)c2ccc(Cl)cc2)c2ccccc2)c1. The molecule has 4 rings (SSSR count). The third-order valence-corrected chi connectivity index (χ3v) is 5.93. The van der Waals surface area contributed by atoms with E-state index in [0.29, 0.717) is 21.8 Å². The van der Waals surface area contributed by atoms with Gasteiger partial charge in [-0.15, -0.1) is 0 Å². The number of benzene rings is 4. The zero-order valence-electron chi connectivity index (χ0n) is 19.4. The summed E-state index contributed by atoms with van der Waals surface area (Å²) in [5.41, 5.74) is 8.72. The number of anilines is 1. The van der Waals surface area contributed by atoms with Crippen LogP contribution in [0.2, 0.25) is 5.02 Å². The van der Waals surface area contributed by atoms with Crippen molar-refractivity contribution in [2.24, 2.45) is 5.73 Å². The molecule has 0 aliphatic carbocycles. The van der Waals surface area contributed by atoms with Gasteiger partial charge in [0.05, 0.1) is 6.04 Å². The number of carbonyl (C=O) groups excluding carboxylic acids is 2. The molecule has 0 radical (unpaired) electrons. The van der Waals surface area contributed by atoms with Crippen molar-refractivity contribution in [3.8, 4) is 0 Å². The third kappa shape index (κ3) is 5.98. The monoisotopic (exact) mass is 496 g/mol. The van der Waals surface area contributed by atoms with Crippen LogP contribution >= 0.6 is 11.6 Å². The first-order chi connectivity index (χ1) is 17.4. The quantitative estimate of drug-likeness (QED) is 0.231. The minimum Gasteiger partial charge on any atom is -0.384 e. The number of nitrogen functional groups attached to an aromatic ring is 1. The summed E-state index contributed by atoms with van der Waals surface area (Å²) in [6, 6.07) is 32.0. The first kappa shape index (κ1) is 24.7. The number of nitrogens with two attached hydrogens (primary N) is 1. The second-order valence-corrected chi connectivity index (χ2v) is 8.62. The molecule has 0 saturated heterocycles. The van der Waals surface area contributed by atoms with Crippen LogP contribution in [-0.2, 0) is 4.79 Å². The summed E-state index contributed by atoms with van der Waals surface area (Å²) in [5.74, 6) is -0.844. The van der Waals surface area contributed by atoms with Gasteiger partial charge in [0, 0.05) is 21.8 Å². The van der Waals surface area contributed by atoms with Gasteiger partial charge in [0.25, 0.3) is 5.91 Å². The van der Waals surface area contributed by atoms with E-state index in [4.69, 9.17) is 22.7 Å². The average molecular weight is 497 g/mol. The summed E-state index contributed by atoms with van der Waals surface area (Å²) < 4.78 is 0. The van der Waals surface area contributed by atoms with Gasteiger partial charge in [-0.2, -0.15) is 0 Å². The summed E-state index contributed by atoms with van der Waals surface area (Å²) >= 11 is 6.08. The second-order valence-electron chi connectivity index (χ2n) is 8.18. The van der Waals surface area contributed by atoms with Crippen LogP contribution < -0.4 is 16.0 Å².